The molecule has 2 heterocycles. The van der Waals surface area contributed by atoms with Gasteiger partial charge in [-0.2, -0.15) is 5.10 Å². The van der Waals surface area contributed by atoms with Crippen molar-refractivity contribution in [1.29, 1.82) is 0 Å². The van der Waals surface area contributed by atoms with E-state index in [0.717, 1.165) is 25.2 Å². The molecule has 0 aliphatic rings. The van der Waals surface area contributed by atoms with Crippen LogP contribution in [-0.2, 0) is 13.0 Å². The van der Waals surface area contributed by atoms with Crippen LogP contribution in [0.15, 0.2) is 18.2 Å². The van der Waals surface area contributed by atoms with Crippen LogP contribution < -0.4 is 0 Å². The largest absolute Gasteiger partial charge is 0.357 e. The lowest BCUT2D eigenvalue weighted by atomic mass is 10.1. The van der Waals surface area contributed by atoms with Crippen molar-refractivity contribution < 1.29 is 0 Å². The zero-order valence-electron chi connectivity index (χ0n) is 14.7. The summed E-state index contributed by atoms with van der Waals surface area (Å²) in [5.74, 6) is 0. The average Bonchev–Trinajstić information content (AvgIpc) is 3.00. The highest BCUT2D eigenvalue weighted by Gasteiger charge is 2.12. The number of para-hydroxylation sites is 1. The molecular formula is C19H26N4. The van der Waals surface area contributed by atoms with Crippen LogP contribution in [0.4, 0.5) is 0 Å². The number of nitrogens with zero attached hydrogens (tertiary/aromatic N) is 2. The van der Waals surface area contributed by atoms with Crippen LogP contribution >= 0.6 is 0 Å². The number of H-pyrrole nitrogens is 2. The first-order valence-electron chi connectivity index (χ1n) is 8.23. The Labute approximate surface area is 137 Å². The van der Waals surface area contributed by atoms with Crippen molar-refractivity contribution in [1.82, 2.24) is 20.1 Å². The van der Waals surface area contributed by atoms with Crippen LogP contribution in [0.1, 0.15) is 33.8 Å². The van der Waals surface area contributed by atoms with Gasteiger partial charge in [0, 0.05) is 35.4 Å². The maximum Gasteiger partial charge on any atom is 0.0626 e. The van der Waals surface area contributed by atoms with E-state index < -0.39 is 0 Å². The molecule has 0 radical (unpaired) electrons. The number of hydrogen-bond acceptors (Lipinski definition) is 2. The minimum Gasteiger partial charge on any atom is -0.357 e. The second-order valence-corrected chi connectivity index (χ2v) is 6.63. The van der Waals surface area contributed by atoms with Crippen molar-refractivity contribution in [3.63, 3.8) is 0 Å². The number of benzene rings is 1. The third-order valence-electron chi connectivity index (χ3n) is 4.86. The van der Waals surface area contributed by atoms with Gasteiger partial charge in [-0.3, -0.25) is 5.10 Å². The molecule has 3 aromatic rings. The van der Waals surface area contributed by atoms with Crippen LogP contribution in [0.3, 0.4) is 0 Å². The first-order chi connectivity index (χ1) is 11.0. The first kappa shape index (κ1) is 15.8. The molecule has 0 bridgehead atoms. The predicted molar refractivity (Wildman–Crippen MR) is 95.9 cm³/mol. The summed E-state index contributed by atoms with van der Waals surface area (Å²) < 4.78 is 0. The number of rotatable bonds is 5. The quantitative estimate of drug-likeness (QED) is 0.753. The Morgan fingerprint density at radius 3 is 2.57 bits per heavy atom. The van der Waals surface area contributed by atoms with Crippen molar-refractivity contribution in [2.75, 3.05) is 13.6 Å². The molecule has 0 saturated carbocycles. The van der Waals surface area contributed by atoms with E-state index in [1.807, 2.05) is 0 Å². The van der Waals surface area contributed by atoms with Gasteiger partial charge in [0.05, 0.1) is 5.69 Å². The number of aromatic amines is 2. The predicted octanol–water partition coefficient (Wildman–Crippen LogP) is 3.80. The molecule has 0 aliphatic carbocycles. The Morgan fingerprint density at radius 1 is 1.13 bits per heavy atom. The summed E-state index contributed by atoms with van der Waals surface area (Å²) in [5, 5.41) is 8.69. The number of fused-ring (bicyclic) bond motifs is 1. The van der Waals surface area contributed by atoms with Gasteiger partial charge in [-0.1, -0.05) is 18.2 Å². The minimum absolute atomic E-state index is 0.940. The fraction of sp³-hybridized carbons (Fsp3) is 0.421. The lowest BCUT2D eigenvalue weighted by Gasteiger charge is -2.16. The molecule has 4 heteroatoms. The van der Waals surface area contributed by atoms with Gasteiger partial charge in [0.2, 0.25) is 0 Å². The van der Waals surface area contributed by atoms with Gasteiger partial charge in [-0.15, -0.1) is 0 Å². The summed E-state index contributed by atoms with van der Waals surface area (Å²) in [5.41, 5.74) is 8.92. The number of likely N-dealkylation sites (N-methyl/N-ethyl adjacent to an activating group) is 1. The number of aromatic nitrogens is 3. The Hall–Kier alpha value is -2.07. The standard InChI is InChI=1S/C19H26N4/c1-12-7-6-8-16-13(2)18(20-19(12)16)11-23(5)10-9-17-14(3)21-22-15(17)4/h6-8,20H,9-11H2,1-5H3,(H,21,22). The van der Waals surface area contributed by atoms with Crippen molar-refractivity contribution in [2.45, 2.75) is 40.7 Å². The lowest BCUT2D eigenvalue weighted by molar-refractivity contribution is 0.327. The highest BCUT2D eigenvalue weighted by Crippen LogP contribution is 2.25. The highest BCUT2D eigenvalue weighted by atomic mass is 15.1. The highest BCUT2D eigenvalue weighted by molar-refractivity contribution is 5.86. The number of hydrogen-bond donors (Lipinski definition) is 2. The van der Waals surface area contributed by atoms with E-state index in [4.69, 9.17) is 0 Å². The molecule has 0 fully saturated rings. The Kier molecular flexibility index (Phi) is 4.26. The molecule has 0 spiro atoms. The molecule has 2 N–H and O–H groups in total. The van der Waals surface area contributed by atoms with Crippen molar-refractivity contribution in [2.24, 2.45) is 0 Å². The monoisotopic (exact) mass is 310 g/mol. The summed E-state index contributed by atoms with van der Waals surface area (Å²) in [6.07, 6.45) is 1.03. The third-order valence-corrected chi connectivity index (χ3v) is 4.86. The van der Waals surface area contributed by atoms with E-state index in [-0.39, 0.29) is 0 Å². The van der Waals surface area contributed by atoms with Crippen LogP contribution in [0.25, 0.3) is 10.9 Å². The smallest absolute Gasteiger partial charge is 0.0626 e. The molecule has 0 saturated heterocycles. The molecule has 2 aromatic heterocycles. The van der Waals surface area contributed by atoms with Crippen LogP contribution in [0.2, 0.25) is 0 Å². The zero-order valence-corrected chi connectivity index (χ0v) is 14.7. The number of nitrogens with one attached hydrogen (secondary N) is 2. The van der Waals surface area contributed by atoms with Crippen LogP contribution in [0, 0.1) is 27.7 Å². The fourth-order valence-electron chi connectivity index (χ4n) is 3.31. The minimum atomic E-state index is 0.940. The summed E-state index contributed by atoms with van der Waals surface area (Å²) in [7, 11) is 2.18. The molecule has 23 heavy (non-hydrogen) atoms. The fourth-order valence-corrected chi connectivity index (χ4v) is 3.31. The molecule has 4 nitrogen and oxygen atoms in total. The Bertz CT molecular complexity index is 806. The molecule has 0 amide bonds. The molecule has 0 aliphatic heterocycles. The van der Waals surface area contributed by atoms with Gasteiger partial charge in [0.1, 0.15) is 0 Å². The topological polar surface area (TPSA) is 47.7 Å². The van der Waals surface area contributed by atoms with Gasteiger partial charge in [0.15, 0.2) is 0 Å². The maximum absolute atomic E-state index is 4.28. The van der Waals surface area contributed by atoms with E-state index in [0.29, 0.717) is 0 Å². The second-order valence-electron chi connectivity index (χ2n) is 6.63. The van der Waals surface area contributed by atoms with Crippen molar-refractivity contribution in [3.8, 4) is 0 Å². The molecule has 0 atom stereocenters. The van der Waals surface area contributed by atoms with Gasteiger partial charge in [-0.05, 0) is 57.9 Å². The van der Waals surface area contributed by atoms with Gasteiger partial charge >= 0.3 is 0 Å². The normalized spacial score (nSPS) is 11.7. The summed E-state index contributed by atoms with van der Waals surface area (Å²) in [6.45, 7) is 10.5. The zero-order chi connectivity index (χ0) is 16.6. The molecular weight excluding hydrogens is 284 g/mol. The molecule has 3 rings (SSSR count). The first-order valence-corrected chi connectivity index (χ1v) is 8.23. The van der Waals surface area contributed by atoms with E-state index >= 15 is 0 Å². The van der Waals surface area contributed by atoms with Gasteiger partial charge in [0.25, 0.3) is 0 Å². The summed E-state index contributed by atoms with van der Waals surface area (Å²) in [4.78, 5) is 5.99. The molecule has 0 unspecified atom stereocenters. The summed E-state index contributed by atoms with van der Waals surface area (Å²) in [6, 6.07) is 6.50. The van der Waals surface area contributed by atoms with Gasteiger partial charge < -0.3 is 9.88 Å². The lowest BCUT2D eigenvalue weighted by Crippen LogP contribution is -2.21. The summed E-state index contributed by atoms with van der Waals surface area (Å²) >= 11 is 0. The van der Waals surface area contributed by atoms with Crippen LogP contribution in [-0.4, -0.2) is 33.7 Å². The third kappa shape index (κ3) is 3.04. The van der Waals surface area contributed by atoms with E-state index in [9.17, 15) is 0 Å². The van der Waals surface area contributed by atoms with E-state index in [1.54, 1.807) is 0 Å². The molecule has 1 aromatic carbocycles. The number of aryl methyl sites for hydroxylation is 4. The van der Waals surface area contributed by atoms with Crippen molar-refractivity contribution >= 4 is 10.9 Å². The van der Waals surface area contributed by atoms with E-state index in [2.05, 4.69) is 73.0 Å². The SMILES string of the molecule is Cc1n[nH]c(C)c1CCN(C)Cc1[nH]c2c(C)cccc2c1C. The van der Waals surface area contributed by atoms with Gasteiger partial charge in [-0.25, -0.2) is 0 Å². The van der Waals surface area contributed by atoms with E-state index in [1.165, 1.54) is 39.0 Å². The van der Waals surface area contributed by atoms with Crippen LogP contribution in [0.5, 0.6) is 0 Å². The Balaban J connectivity index is 1.72. The Morgan fingerprint density at radius 2 is 1.91 bits per heavy atom. The van der Waals surface area contributed by atoms with Crippen molar-refractivity contribution in [3.05, 3.63) is 52.0 Å². The second kappa shape index (κ2) is 6.20. The maximum atomic E-state index is 4.28. The molecule has 122 valence electrons. The average molecular weight is 310 g/mol.